The van der Waals surface area contributed by atoms with Gasteiger partial charge in [-0.3, -0.25) is 4.79 Å². The number of carbonyl (C=O) groups excluding carboxylic acids is 1. The van der Waals surface area contributed by atoms with E-state index in [1.165, 1.54) is 0 Å². The molecule has 0 unspecified atom stereocenters. The summed E-state index contributed by atoms with van der Waals surface area (Å²) in [5.74, 6) is -1.18. The number of aldehydes is 1. The van der Waals surface area contributed by atoms with E-state index in [2.05, 4.69) is 9.72 Å². The van der Waals surface area contributed by atoms with Gasteiger partial charge in [-0.15, -0.1) is 13.2 Å². The monoisotopic (exact) mass is 288 g/mol. The molecule has 0 aliphatic heterocycles. The average Bonchev–Trinajstić information content (AvgIpc) is 2.23. The van der Waals surface area contributed by atoms with Crippen molar-refractivity contribution in [2.45, 2.75) is 19.1 Å². The van der Waals surface area contributed by atoms with Crippen LogP contribution in [0.1, 0.15) is 21.6 Å². The Hall–Kier alpha value is -1.84. The minimum Gasteiger partial charge on any atom is -0.388 e. The van der Waals surface area contributed by atoms with Crippen molar-refractivity contribution in [3.8, 4) is 5.88 Å². The van der Waals surface area contributed by atoms with Crippen LogP contribution in [0.2, 0.25) is 0 Å². The first-order valence-electron chi connectivity index (χ1n) is 4.60. The number of carbonyl (C=O) groups is 1. The zero-order valence-corrected chi connectivity index (χ0v) is 8.97. The van der Waals surface area contributed by atoms with Gasteiger partial charge in [-0.05, 0) is 5.56 Å². The fourth-order valence-electron chi connectivity index (χ4n) is 1.34. The highest BCUT2D eigenvalue weighted by atomic mass is 19.4. The summed E-state index contributed by atoms with van der Waals surface area (Å²) in [6, 6.07) is 0.392. The lowest BCUT2D eigenvalue weighted by molar-refractivity contribution is -0.276. The summed E-state index contributed by atoms with van der Waals surface area (Å²) in [7, 11) is 0. The van der Waals surface area contributed by atoms with Crippen molar-refractivity contribution in [3.63, 3.8) is 0 Å². The number of hydrogen-bond acceptors (Lipinski definition) is 4. The van der Waals surface area contributed by atoms with Crippen LogP contribution in [0.3, 0.4) is 0 Å². The summed E-state index contributed by atoms with van der Waals surface area (Å²) in [5, 5.41) is 0. The Morgan fingerprint density at radius 1 is 1.26 bits per heavy atom. The summed E-state index contributed by atoms with van der Waals surface area (Å²) in [6.07, 6.45) is -10.4. The summed E-state index contributed by atoms with van der Waals surface area (Å²) < 4.78 is 77.1. The van der Waals surface area contributed by atoms with E-state index in [1.54, 1.807) is 0 Å². The molecule has 0 aromatic carbocycles. The van der Waals surface area contributed by atoms with Gasteiger partial charge in [-0.2, -0.15) is 13.2 Å². The zero-order chi connectivity index (χ0) is 14.8. The van der Waals surface area contributed by atoms with Gasteiger partial charge >= 0.3 is 12.5 Å². The molecular formula is C9H6F6N2O2. The van der Waals surface area contributed by atoms with E-state index in [0.29, 0.717) is 6.07 Å². The highest BCUT2D eigenvalue weighted by molar-refractivity contribution is 5.76. The van der Waals surface area contributed by atoms with Crippen molar-refractivity contribution in [1.82, 2.24) is 4.98 Å². The third-order valence-electron chi connectivity index (χ3n) is 1.94. The predicted octanol–water partition coefficient (Wildman–Crippen LogP) is 2.27. The number of alkyl halides is 6. The highest BCUT2D eigenvalue weighted by Crippen LogP contribution is 2.35. The predicted molar refractivity (Wildman–Crippen MR) is 49.2 cm³/mol. The van der Waals surface area contributed by atoms with Gasteiger partial charge in [0.2, 0.25) is 5.88 Å². The molecule has 2 N–H and O–H groups in total. The smallest absolute Gasteiger partial charge is 0.388 e. The van der Waals surface area contributed by atoms with Crippen LogP contribution in [-0.4, -0.2) is 17.6 Å². The van der Waals surface area contributed by atoms with Gasteiger partial charge in [-0.1, -0.05) is 0 Å². The van der Waals surface area contributed by atoms with Crippen LogP contribution in [0, 0.1) is 0 Å². The molecule has 1 aromatic rings. The van der Waals surface area contributed by atoms with Crippen molar-refractivity contribution in [2.75, 3.05) is 0 Å². The molecule has 106 valence electrons. The van der Waals surface area contributed by atoms with Crippen molar-refractivity contribution in [1.29, 1.82) is 0 Å². The van der Waals surface area contributed by atoms with Crippen molar-refractivity contribution in [3.05, 3.63) is 22.9 Å². The van der Waals surface area contributed by atoms with E-state index >= 15 is 0 Å². The van der Waals surface area contributed by atoms with E-state index in [-0.39, 0.29) is 6.29 Å². The second-order valence-electron chi connectivity index (χ2n) is 3.25. The Morgan fingerprint density at radius 2 is 1.84 bits per heavy atom. The fourth-order valence-corrected chi connectivity index (χ4v) is 1.34. The lowest BCUT2D eigenvalue weighted by Gasteiger charge is -2.15. The first kappa shape index (κ1) is 15.2. The van der Waals surface area contributed by atoms with E-state index in [9.17, 15) is 31.1 Å². The molecule has 1 rings (SSSR count). The Labute approximate surface area is 102 Å². The standard InChI is InChI=1S/C9H6F6N2O2/c10-8(11,12)7-4(2-16)1-6(17-5(7)3-18)19-9(13,14)15/h1,3H,2,16H2. The average molecular weight is 288 g/mol. The van der Waals surface area contributed by atoms with Gasteiger partial charge in [0.1, 0.15) is 5.69 Å². The minimum absolute atomic E-state index is 0.314. The van der Waals surface area contributed by atoms with E-state index < -0.39 is 41.8 Å². The molecule has 0 spiro atoms. The number of pyridine rings is 1. The molecule has 1 heterocycles. The molecule has 0 saturated carbocycles. The second-order valence-corrected chi connectivity index (χ2v) is 3.25. The van der Waals surface area contributed by atoms with E-state index in [0.717, 1.165) is 0 Å². The van der Waals surface area contributed by atoms with Gasteiger partial charge in [0.05, 0.1) is 5.56 Å². The Morgan fingerprint density at radius 3 is 2.21 bits per heavy atom. The third-order valence-corrected chi connectivity index (χ3v) is 1.94. The molecule has 0 atom stereocenters. The number of nitrogens with zero attached hydrogens (tertiary/aromatic N) is 1. The number of nitrogens with two attached hydrogens (primary N) is 1. The zero-order valence-electron chi connectivity index (χ0n) is 8.97. The molecule has 4 nitrogen and oxygen atoms in total. The van der Waals surface area contributed by atoms with Crippen LogP contribution in [-0.2, 0) is 12.7 Å². The van der Waals surface area contributed by atoms with Crippen LogP contribution >= 0.6 is 0 Å². The number of aromatic nitrogens is 1. The molecule has 0 radical (unpaired) electrons. The topological polar surface area (TPSA) is 65.2 Å². The van der Waals surface area contributed by atoms with Crippen molar-refractivity contribution in [2.24, 2.45) is 5.73 Å². The van der Waals surface area contributed by atoms with Gasteiger partial charge in [0.15, 0.2) is 6.29 Å². The third kappa shape index (κ3) is 3.81. The molecule has 1 aromatic heterocycles. The maximum absolute atomic E-state index is 12.6. The fraction of sp³-hybridized carbons (Fsp3) is 0.333. The first-order valence-corrected chi connectivity index (χ1v) is 4.60. The molecule has 0 amide bonds. The SMILES string of the molecule is NCc1cc(OC(F)(F)F)nc(C=O)c1C(F)(F)F. The first-order chi connectivity index (χ1) is 8.58. The summed E-state index contributed by atoms with van der Waals surface area (Å²) in [6.45, 7) is -0.730. The van der Waals surface area contributed by atoms with Gasteiger partial charge in [-0.25, -0.2) is 4.98 Å². The normalized spacial score (nSPS) is 12.4. The number of rotatable bonds is 3. The van der Waals surface area contributed by atoms with Crippen LogP contribution in [0.4, 0.5) is 26.3 Å². The van der Waals surface area contributed by atoms with Gasteiger partial charge in [0.25, 0.3) is 0 Å². The molecule has 19 heavy (non-hydrogen) atoms. The van der Waals surface area contributed by atoms with Crippen LogP contribution in [0.15, 0.2) is 6.07 Å². The Balaban J connectivity index is 3.41. The number of ether oxygens (including phenoxy) is 1. The summed E-state index contributed by atoms with van der Waals surface area (Å²) in [4.78, 5) is 13.4. The number of hydrogen-bond donors (Lipinski definition) is 1. The van der Waals surface area contributed by atoms with Crippen LogP contribution in [0.25, 0.3) is 0 Å². The summed E-state index contributed by atoms with van der Waals surface area (Å²) in [5.41, 5.74) is 1.62. The van der Waals surface area contributed by atoms with E-state index in [1.807, 2.05) is 0 Å². The van der Waals surface area contributed by atoms with Crippen molar-refractivity contribution >= 4 is 6.29 Å². The Kier molecular flexibility index (Phi) is 4.03. The molecule has 0 bridgehead atoms. The van der Waals surface area contributed by atoms with Crippen LogP contribution in [0.5, 0.6) is 5.88 Å². The molecule has 0 saturated heterocycles. The molecule has 0 aliphatic rings. The van der Waals surface area contributed by atoms with Gasteiger partial charge in [0, 0.05) is 12.6 Å². The highest BCUT2D eigenvalue weighted by Gasteiger charge is 2.38. The lowest BCUT2D eigenvalue weighted by Crippen LogP contribution is -2.21. The quantitative estimate of drug-likeness (QED) is 0.684. The lowest BCUT2D eigenvalue weighted by atomic mass is 10.1. The second kappa shape index (κ2) is 5.03. The van der Waals surface area contributed by atoms with E-state index in [4.69, 9.17) is 5.73 Å². The molecule has 0 aliphatic carbocycles. The maximum Gasteiger partial charge on any atom is 0.574 e. The van der Waals surface area contributed by atoms with Crippen molar-refractivity contribution < 1.29 is 35.9 Å². The minimum atomic E-state index is -5.14. The largest absolute Gasteiger partial charge is 0.574 e. The molecule has 10 heteroatoms. The van der Waals surface area contributed by atoms with Gasteiger partial charge < -0.3 is 10.5 Å². The Bertz CT molecular complexity index is 483. The summed E-state index contributed by atoms with van der Waals surface area (Å²) >= 11 is 0. The maximum atomic E-state index is 12.6. The molecule has 0 fully saturated rings. The number of halogens is 6. The van der Waals surface area contributed by atoms with Crippen LogP contribution < -0.4 is 10.5 Å². The molecular weight excluding hydrogens is 282 g/mol.